The average Bonchev–Trinajstić information content (AvgIpc) is 2.61. The van der Waals surface area contributed by atoms with Gasteiger partial charge in [0.2, 0.25) is 10.0 Å². The van der Waals surface area contributed by atoms with Crippen LogP contribution in [0.5, 0.6) is 5.75 Å². The zero-order valence-electron chi connectivity index (χ0n) is 15.1. The monoisotopic (exact) mass is 430 g/mol. The van der Waals surface area contributed by atoms with Crippen molar-refractivity contribution in [3.63, 3.8) is 0 Å². The van der Waals surface area contributed by atoms with Gasteiger partial charge in [0.25, 0.3) is 5.91 Å². The highest BCUT2D eigenvalue weighted by Gasteiger charge is 2.23. The van der Waals surface area contributed by atoms with Crippen molar-refractivity contribution in [1.29, 1.82) is 0 Å². The van der Waals surface area contributed by atoms with Crippen molar-refractivity contribution in [3.8, 4) is 5.75 Å². The average molecular weight is 431 g/mol. The molecule has 0 aliphatic heterocycles. The molecule has 0 aromatic heterocycles. The molecule has 0 unspecified atom stereocenters. The largest absolute Gasteiger partial charge is 0.497 e. The Morgan fingerprint density at radius 1 is 1.11 bits per heavy atom. The minimum Gasteiger partial charge on any atom is -0.497 e. The fourth-order valence-corrected chi connectivity index (χ4v) is 4.22. The molecule has 27 heavy (non-hydrogen) atoms. The first-order valence-corrected chi connectivity index (χ1v) is 10.2. The summed E-state index contributed by atoms with van der Waals surface area (Å²) in [7, 11) is 0.770. The highest BCUT2D eigenvalue weighted by molar-refractivity contribution is 7.89. The molecular formula is C18H20Cl2N2O4S. The van der Waals surface area contributed by atoms with Crippen LogP contribution in [0.2, 0.25) is 10.0 Å². The molecule has 9 heteroatoms. The van der Waals surface area contributed by atoms with Crippen molar-refractivity contribution in [2.24, 2.45) is 0 Å². The number of nitrogens with zero attached hydrogens (tertiary/aromatic N) is 1. The lowest BCUT2D eigenvalue weighted by Gasteiger charge is -2.14. The lowest BCUT2D eigenvalue weighted by atomic mass is 10.1. The second kappa shape index (κ2) is 8.93. The van der Waals surface area contributed by atoms with Crippen molar-refractivity contribution < 1.29 is 17.9 Å². The van der Waals surface area contributed by atoms with Crippen molar-refractivity contribution in [2.45, 2.75) is 11.3 Å². The number of sulfonamides is 1. The fraction of sp³-hybridized carbons (Fsp3) is 0.278. The molecule has 1 amide bonds. The predicted molar refractivity (Wildman–Crippen MR) is 106 cm³/mol. The fourth-order valence-electron chi connectivity index (χ4n) is 2.34. The van der Waals surface area contributed by atoms with Crippen LogP contribution in [0.1, 0.15) is 15.9 Å². The molecule has 0 saturated heterocycles. The molecule has 1 N–H and O–H groups in total. The molecule has 2 aromatic carbocycles. The molecule has 146 valence electrons. The van der Waals surface area contributed by atoms with Gasteiger partial charge in [0.15, 0.2) is 0 Å². The minimum absolute atomic E-state index is 0.0488. The smallest absolute Gasteiger partial charge is 0.254 e. The van der Waals surface area contributed by atoms with E-state index in [1.807, 2.05) is 12.1 Å². The summed E-state index contributed by atoms with van der Waals surface area (Å²) in [6.45, 7) is 0.171. The molecule has 2 rings (SSSR count). The van der Waals surface area contributed by atoms with Crippen LogP contribution in [0.25, 0.3) is 0 Å². The third-order valence-corrected chi connectivity index (χ3v) is 6.05. The van der Waals surface area contributed by atoms with E-state index in [2.05, 4.69) is 4.72 Å². The number of halogens is 2. The Bertz CT molecular complexity index is 929. The highest BCUT2D eigenvalue weighted by Crippen LogP contribution is 2.29. The molecule has 0 bridgehead atoms. The second-order valence-electron chi connectivity index (χ2n) is 5.96. The van der Waals surface area contributed by atoms with Gasteiger partial charge in [-0.05, 0) is 36.2 Å². The maximum atomic E-state index is 12.6. The molecule has 0 aliphatic rings. The zero-order chi connectivity index (χ0) is 20.2. The Labute approximate surface area is 169 Å². The summed E-state index contributed by atoms with van der Waals surface area (Å²) in [5, 5.41) is 0.0446. The Kier molecular flexibility index (Phi) is 7.11. The SMILES string of the molecule is COc1ccc(CCNS(=O)(=O)c2cc(C(=O)N(C)C)c(Cl)cc2Cl)cc1. The van der Waals surface area contributed by atoms with E-state index in [0.717, 1.165) is 11.3 Å². The summed E-state index contributed by atoms with van der Waals surface area (Å²) < 4.78 is 32.8. The summed E-state index contributed by atoms with van der Waals surface area (Å²) in [6, 6.07) is 9.78. The van der Waals surface area contributed by atoms with Gasteiger partial charge in [-0.1, -0.05) is 35.3 Å². The molecule has 0 aliphatic carbocycles. The van der Waals surface area contributed by atoms with Crippen molar-refractivity contribution in [1.82, 2.24) is 9.62 Å². The molecule has 0 spiro atoms. The maximum absolute atomic E-state index is 12.6. The lowest BCUT2D eigenvalue weighted by molar-refractivity contribution is 0.0827. The van der Waals surface area contributed by atoms with E-state index >= 15 is 0 Å². The van der Waals surface area contributed by atoms with E-state index < -0.39 is 15.9 Å². The number of carbonyl (C=O) groups is 1. The van der Waals surface area contributed by atoms with Crippen LogP contribution in [0, 0.1) is 0 Å². The van der Waals surface area contributed by atoms with Gasteiger partial charge in [0, 0.05) is 20.6 Å². The van der Waals surface area contributed by atoms with Gasteiger partial charge in [-0.3, -0.25) is 4.79 Å². The van der Waals surface area contributed by atoms with Crippen LogP contribution >= 0.6 is 23.2 Å². The minimum atomic E-state index is -3.91. The lowest BCUT2D eigenvalue weighted by Crippen LogP contribution is -2.27. The normalized spacial score (nSPS) is 11.3. The Morgan fingerprint density at radius 2 is 1.74 bits per heavy atom. The number of benzene rings is 2. The first-order chi connectivity index (χ1) is 12.7. The zero-order valence-corrected chi connectivity index (χ0v) is 17.5. The summed E-state index contributed by atoms with van der Waals surface area (Å²) in [5.74, 6) is 0.316. The van der Waals surface area contributed by atoms with Crippen LogP contribution in [-0.4, -0.2) is 47.0 Å². The van der Waals surface area contributed by atoms with Crippen LogP contribution in [0.15, 0.2) is 41.3 Å². The van der Waals surface area contributed by atoms with Gasteiger partial charge in [-0.2, -0.15) is 0 Å². The quantitative estimate of drug-likeness (QED) is 0.731. The predicted octanol–water partition coefficient (Wildman–Crippen LogP) is 3.22. The molecule has 0 atom stereocenters. The number of methoxy groups -OCH3 is 1. The van der Waals surface area contributed by atoms with E-state index in [1.54, 1.807) is 33.3 Å². The van der Waals surface area contributed by atoms with Gasteiger partial charge in [0.05, 0.1) is 22.7 Å². The highest BCUT2D eigenvalue weighted by atomic mass is 35.5. The van der Waals surface area contributed by atoms with Gasteiger partial charge < -0.3 is 9.64 Å². The number of hydrogen-bond acceptors (Lipinski definition) is 4. The van der Waals surface area contributed by atoms with E-state index in [9.17, 15) is 13.2 Å². The first-order valence-electron chi connectivity index (χ1n) is 7.99. The standard InChI is InChI=1S/C18H20Cl2N2O4S/c1-22(2)18(23)14-10-17(16(20)11-15(14)19)27(24,25)21-9-8-12-4-6-13(26-3)7-5-12/h4-7,10-11,21H,8-9H2,1-3H3. The summed E-state index contributed by atoms with van der Waals surface area (Å²) in [6.07, 6.45) is 0.484. The molecule has 0 heterocycles. The van der Waals surface area contributed by atoms with E-state index in [-0.39, 0.29) is 27.0 Å². The molecule has 6 nitrogen and oxygen atoms in total. The molecule has 0 saturated carbocycles. The van der Waals surface area contributed by atoms with Gasteiger partial charge in [-0.25, -0.2) is 13.1 Å². The summed E-state index contributed by atoms with van der Waals surface area (Å²) in [5.41, 5.74) is 1.02. The van der Waals surface area contributed by atoms with Crippen molar-refractivity contribution in [3.05, 3.63) is 57.6 Å². The number of hydrogen-bond donors (Lipinski definition) is 1. The summed E-state index contributed by atoms with van der Waals surface area (Å²) >= 11 is 12.1. The Hall–Kier alpha value is -1.80. The van der Waals surface area contributed by atoms with Gasteiger partial charge >= 0.3 is 0 Å². The van der Waals surface area contributed by atoms with Crippen LogP contribution < -0.4 is 9.46 Å². The van der Waals surface area contributed by atoms with Crippen LogP contribution in [-0.2, 0) is 16.4 Å². The first kappa shape index (κ1) is 21.5. The molecule has 0 fully saturated rings. The Balaban J connectivity index is 2.17. The van der Waals surface area contributed by atoms with E-state index in [1.165, 1.54) is 17.0 Å². The van der Waals surface area contributed by atoms with E-state index in [0.29, 0.717) is 6.42 Å². The van der Waals surface area contributed by atoms with Gasteiger partial charge in [-0.15, -0.1) is 0 Å². The summed E-state index contributed by atoms with van der Waals surface area (Å²) in [4.78, 5) is 13.3. The van der Waals surface area contributed by atoms with Crippen LogP contribution in [0.3, 0.4) is 0 Å². The number of amides is 1. The van der Waals surface area contributed by atoms with Crippen molar-refractivity contribution in [2.75, 3.05) is 27.7 Å². The Morgan fingerprint density at radius 3 is 2.30 bits per heavy atom. The number of ether oxygens (including phenoxy) is 1. The van der Waals surface area contributed by atoms with Crippen molar-refractivity contribution >= 4 is 39.1 Å². The molecule has 2 aromatic rings. The third-order valence-electron chi connectivity index (χ3n) is 3.81. The second-order valence-corrected chi connectivity index (χ2v) is 8.51. The molecule has 0 radical (unpaired) electrons. The molecular weight excluding hydrogens is 411 g/mol. The van der Waals surface area contributed by atoms with Crippen LogP contribution in [0.4, 0.5) is 0 Å². The number of rotatable bonds is 7. The topological polar surface area (TPSA) is 75.7 Å². The van der Waals surface area contributed by atoms with Gasteiger partial charge in [0.1, 0.15) is 10.6 Å². The third kappa shape index (κ3) is 5.35. The number of carbonyl (C=O) groups excluding carboxylic acids is 1. The van der Waals surface area contributed by atoms with E-state index in [4.69, 9.17) is 27.9 Å². The number of nitrogens with one attached hydrogen (secondary N) is 1. The maximum Gasteiger partial charge on any atom is 0.254 e.